The average molecular weight is 385 g/mol. The van der Waals surface area contributed by atoms with Gasteiger partial charge in [-0.3, -0.25) is 9.36 Å². The number of aryl methyl sites for hydroxylation is 3. The Hall–Kier alpha value is -1.41. The van der Waals surface area contributed by atoms with Gasteiger partial charge in [0.2, 0.25) is 0 Å². The Balaban J connectivity index is 1.75. The first-order chi connectivity index (χ1) is 10.4. The molecule has 6 nitrogen and oxygen atoms in total. The van der Waals surface area contributed by atoms with Crippen LogP contribution in [0.1, 0.15) is 23.5 Å². The van der Waals surface area contributed by atoms with Crippen LogP contribution in [0.5, 0.6) is 0 Å². The molecule has 2 N–H and O–H groups in total. The molecule has 0 aromatic carbocycles. The molecule has 22 heavy (non-hydrogen) atoms. The predicted octanol–water partition coefficient (Wildman–Crippen LogP) is 2.68. The van der Waals surface area contributed by atoms with Crippen molar-refractivity contribution in [2.75, 3.05) is 11.9 Å². The summed E-state index contributed by atoms with van der Waals surface area (Å²) < 4.78 is 4.92. The van der Waals surface area contributed by atoms with E-state index in [9.17, 15) is 0 Å². The quantitative estimate of drug-likeness (QED) is 0.612. The van der Waals surface area contributed by atoms with Gasteiger partial charge in [0.25, 0.3) is 0 Å². The lowest BCUT2D eigenvalue weighted by Gasteiger charge is -2.10. The van der Waals surface area contributed by atoms with Gasteiger partial charge < -0.3 is 10.6 Å². The van der Waals surface area contributed by atoms with E-state index in [4.69, 9.17) is 12.2 Å². The molecule has 0 spiro atoms. The number of thiocarbonyl (C=S) groups is 1. The average Bonchev–Trinajstić information content (AvgIpc) is 2.92. The third-order valence-electron chi connectivity index (χ3n) is 3.61. The highest BCUT2D eigenvalue weighted by Crippen LogP contribution is 2.19. The molecule has 120 valence electrons. The van der Waals surface area contributed by atoms with Gasteiger partial charge in [0.1, 0.15) is 0 Å². The molecule has 2 rings (SSSR count). The Bertz CT molecular complexity index is 675. The Kier molecular flexibility index (Phi) is 5.57. The highest BCUT2D eigenvalue weighted by Gasteiger charge is 2.08. The van der Waals surface area contributed by atoms with Crippen LogP contribution in [0.15, 0.2) is 10.7 Å². The lowest BCUT2D eigenvalue weighted by atomic mass is 10.4. The van der Waals surface area contributed by atoms with E-state index < -0.39 is 0 Å². The van der Waals surface area contributed by atoms with Crippen molar-refractivity contribution in [1.82, 2.24) is 24.9 Å². The van der Waals surface area contributed by atoms with E-state index in [0.29, 0.717) is 5.11 Å². The molecule has 0 unspecified atom stereocenters. The molecule has 0 saturated carbocycles. The van der Waals surface area contributed by atoms with Gasteiger partial charge >= 0.3 is 0 Å². The number of nitrogens with one attached hydrogen (secondary N) is 2. The zero-order chi connectivity index (χ0) is 16.3. The normalized spacial score (nSPS) is 10.8. The maximum Gasteiger partial charge on any atom is 0.170 e. The van der Waals surface area contributed by atoms with Crippen LogP contribution in [0.2, 0.25) is 0 Å². The monoisotopic (exact) mass is 384 g/mol. The van der Waals surface area contributed by atoms with Gasteiger partial charge in [0, 0.05) is 25.8 Å². The lowest BCUT2D eigenvalue weighted by molar-refractivity contribution is 0.558. The van der Waals surface area contributed by atoms with Crippen molar-refractivity contribution >= 4 is 38.9 Å². The van der Waals surface area contributed by atoms with E-state index in [1.807, 2.05) is 30.3 Å². The largest absolute Gasteiger partial charge is 0.362 e. The summed E-state index contributed by atoms with van der Waals surface area (Å²) in [5.41, 5.74) is 4.16. The Morgan fingerprint density at radius 3 is 2.59 bits per heavy atom. The molecule has 8 heteroatoms. The Morgan fingerprint density at radius 2 is 2.05 bits per heavy atom. The second-order valence-corrected chi connectivity index (χ2v) is 6.41. The van der Waals surface area contributed by atoms with E-state index in [-0.39, 0.29) is 0 Å². The summed E-state index contributed by atoms with van der Waals surface area (Å²) in [6, 6.07) is 0. The van der Waals surface area contributed by atoms with Crippen LogP contribution < -0.4 is 10.6 Å². The van der Waals surface area contributed by atoms with Crippen LogP contribution >= 0.6 is 28.1 Å². The molecule has 0 aliphatic heterocycles. The van der Waals surface area contributed by atoms with Crippen molar-refractivity contribution in [2.24, 2.45) is 7.05 Å². The van der Waals surface area contributed by atoms with E-state index >= 15 is 0 Å². The van der Waals surface area contributed by atoms with Gasteiger partial charge in [0.05, 0.1) is 27.7 Å². The summed E-state index contributed by atoms with van der Waals surface area (Å²) in [6.07, 6.45) is 2.72. The van der Waals surface area contributed by atoms with Gasteiger partial charge in [-0.2, -0.15) is 10.2 Å². The van der Waals surface area contributed by atoms with Gasteiger partial charge in [-0.1, -0.05) is 0 Å². The standard InChI is InChI=1S/C14H21BrN6S/c1-9-13(15)11(3)21(19-9)7-5-6-16-14(22)18-12-8-17-20(4)10(12)2/h8H,5-7H2,1-4H3,(H2,16,18,22). The zero-order valence-electron chi connectivity index (χ0n) is 13.3. The minimum Gasteiger partial charge on any atom is -0.362 e. The summed E-state index contributed by atoms with van der Waals surface area (Å²) in [7, 11) is 1.91. The minimum atomic E-state index is 0.616. The van der Waals surface area contributed by atoms with Crippen molar-refractivity contribution in [3.05, 3.63) is 27.8 Å². The summed E-state index contributed by atoms with van der Waals surface area (Å²) in [4.78, 5) is 0. The summed E-state index contributed by atoms with van der Waals surface area (Å²) in [5, 5.41) is 15.7. The molecule has 2 heterocycles. The molecule has 0 fully saturated rings. The van der Waals surface area contributed by atoms with Crippen molar-refractivity contribution in [1.29, 1.82) is 0 Å². The second kappa shape index (κ2) is 7.23. The SMILES string of the molecule is Cc1nn(CCCNC(=S)Nc2cnn(C)c2C)c(C)c1Br. The van der Waals surface area contributed by atoms with Gasteiger partial charge in [-0.15, -0.1) is 0 Å². The van der Waals surface area contributed by atoms with Crippen molar-refractivity contribution in [3.8, 4) is 0 Å². The van der Waals surface area contributed by atoms with Crippen molar-refractivity contribution in [2.45, 2.75) is 33.7 Å². The first-order valence-corrected chi connectivity index (χ1v) is 8.33. The molecule has 0 aliphatic rings. The number of aromatic nitrogens is 4. The number of hydrogen-bond donors (Lipinski definition) is 2. The smallest absolute Gasteiger partial charge is 0.170 e. The molecule has 0 saturated heterocycles. The number of hydrogen-bond acceptors (Lipinski definition) is 3. The fourth-order valence-electron chi connectivity index (χ4n) is 2.11. The van der Waals surface area contributed by atoms with Crippen LogP contribution in [-0.2, 0) is 13.6 Å². The van der Waals surface area contributed by atoms with E-state index in [1.54, 1.807) is 6.20 Å². The van der Waals surface area contributed by atoms with Gasteiger partial charge in [0.15, 0.2) is 5.11 Å². The molecular formula is C14H21BrN6S. The number of anilines is 1. The summed E-state index contributed by atoms with van der Waals surface area (Å²) in [5.74, 6) is 0. The van der Waals surface area contributed by atoms with E-state index in [1.165, 1.54) is 0 Å². The summed E-state index contributed by atoms with van der Waals surface area (Å²) >= 11 is 8.84. The molecular weight excluding hydrogens is 364 g/mol. The van der Waals surface area contributed by atoms with Crippen molar-refractivity contribution in [3.63, 3.8) is 0 Å². The van der Waals surface area contributed by atoms with Gasteiger partial charge in [-0.05, 0) is 55.3 Å². The lowest BCUT2D eigenvalue weighted by Crippen LogP contribution is -2.30. The maximum atomic E-state index is 5.30. The molecule has 0 amide bonds. The number of halogens is 1. The van der Waals surface area contributed by atoms with Crippen LogP contribution in [-0.4, -0.2) is 31.2 Å². The third kappa shape index (κ3) is 3.86. The predicted molar refractivity (Wildman–Crippen MR) is 96.2 cm³/mol. The first kappa shape index (κ1) is 17.0. The first-order valence-electron chi connectivity index (χ1n) is 7.13. The topological polar surface area (TPSA) is 59.7 Å². The maximum absolute atomic E-state index is 5.30. The molecule has 0 aliphatic carbocycles. The van der Waals surface area contributed by atoms with Crippen molar-refractivity contribution < 1.29 is 0 Å². The molecule has 2 aromatic heterocycles. The van der Waals surface area contributed by atoms with Crippen LogP contribution in [0, 0.1) is 20.8 Å². The van der Waals surface area contributed by atoms with E-state index in [2.05, 4.69) is 43.7 Å². The summed E-state index contributed by atoms with van der Waals surface area (Å²) in [6.45, 7) is 7.72. The fraction of sp³-hybridized carbons (Fsp3) is 0.500. The Morgan fingerprint density at radius 1 is 1.32 bits per heavy atom. The highest BCUT2D eigenvalue weighted by atomic mass is 79.9. The molecule has 0 atom stereocenters. The molecule has 0 radical (unpaired) electrons. The Labute approximate surface area is 144 Å². The zero-order valence-corrected chi connectivity index (χ0v) is 15.7. The van der Waals surface area contributed by atoms with E-state index in [0.717, 1.165) is 46.8 Å². The molecule has 2 aromatic rings. The second-order valence-electron chi connectivity index (χ2n) is 5.21. The number of nitrogens with zero attached hydrogens (tertiary/aromatic N) is 4. The van der Waals surface area contributed by atoms with Crippen LogP contribution in [0.3, 0.4) is 0 Å². The fourth-order valence-corrected chi connectivity index (χ4v) is 2.61. The number of rotatable bonds is 5. The van der Waals surface area contributed by atoms with Crippen LogP contribution in [0.4, 0.5) is 5.69 Å². The molecule has 0 bridgehead atoms. The minimum absolute atomic E-state index is 0.616. The highest BCUT2D eigenvalue weighted by molar-refractivity contribution is 9.10. The third-order valence-corrected chi connectivity index (χ3v) is 5.00. The van der Waals surface area contributed by atoms with Gasteiger partial charge in [-0.25, -0.2) is 0 Å². The van der Waals surface area contributed by atoms with Crippen LogP contribution in [0.25, 0.3) is 0 Å².